The van der Waals surface area contributed by atoms with Gasteiger partial charge in [-0.3, -0.25) is 19.1 Å². The van der Waals surface area contributed by atoms with E-state index in [9.17, 15) is 9.59 Å². The van der Waals surface area contributed by atoms with Gasteiger partial charge in [-0.25, -0.2) is 0 Å². The van der Waals surface area contributed by atoms with Crippen molar-refractivity contribution in [1.82, 2.24) is 14.8 Å². The van der Waals surface area contributed by atoms with Crippen LogP contribution >= 0.6 is 0 Å². The lowest BCUT2D eigenvalue weighted by molar-refractivity contribution is 0.0950. The van der Waals surface area contributed by atoms with Crippen LogP contribution in [0.2, 0.25) is 0 Å². The highest BCUT2D eigenvalue weighted by atomic mass is 16.5. The maximum Gasteiger partial charge on any atom is 0.262 e. The molecule has 2 aromatic heterocycles. The van der Waals surface area contributed by atoms with Crippen LogP contribution in [0, 0.1) is 0 Å². The van der Waals surface area contributed by atoms with Gasteiger partial charge in [0, 0.05) is 41.8 Å². The molecule has 0 aliphatic heterocycles. The monoisotopic (exact) mass is 487 g/mol. The molecule has 188 valence electrons. The number of aromatic nitrogens is 1. The maximum atomic E-state index is 13.3. The summed E-state index contributed by atoms with van der Waals surface area (Å²) < 4.78 is 12.3. The van der Waals surface area contributed by atoms with Crippen LogP contribution in [0.4, 0.5) is 0 Å². The first-order valence-corrected chi connectivity index (χ1v) is 12.3. The van der Waals surface area contributed by atoms with Gasteiger partial charge >= 0.3 is 0 Å². The Morgan fingerprint density at radius 1 is 1.08 bits per heavy atom. The van der Waals surface area contributed by atoms with Crippen molar-refractivity contribution in [3.05, 3.63) is 94.8 Å². The van der Waals surface area contributed by atoms with Crippen LogP contribution in [-0.2, 0) is 6.54 Å². The molecule has 4 rings (SSSR count). The molecule has 2 heterocycles. The van der Waals surface area contributed by atoms with Gasteiger partial charge in [0.1, 0.15) is 11.5 Å². The first kappa shape index (κ1) is 25.3. The molecule has 0 spiro atoms. The number of furan rings is 1. The van der Waals surface area contributed by atoms with E-state index in [1.165, 1.54) is 4.57 Å². The molecule has 36 heavy (non-hydrogen) atoms. The highest BCUT2D eigenvalue weighted by Crippen LogP contribution is 2.19. The summed E-state index contributed by atoms with van der Waals surface area (Å²) in [7, 11) is 1.60. The lowest BCUT2D eigenvalue weighted by atomic mass is 10.1. The Labute approximate surface area is 211 Å². The predicted octanol–water partition coefficient (Wildman–Crippen LogP) is 5.01. The third kappa shape index (κ3) is 5.69. The number of hydrogen-bond acceptors (Lipinski definition) is 5. The van der Waals surface area contributed by atoms with E-state index in [-0.39, 0.29) is 11.5 Å². The molecule has 7 nitrogen and oxygen atoms in total. The fraction of sp³-hybridized carbons (Fsp3) is 0.310. The number of methoxy groups -OCH3 is 1. The molecule has 0 saturated heterocycles. The van der Waals surface area contributed by atoms with Crippen molar-refractivity contribution in [3.63, 3.8) is 0 Å². The highest BCUT2D eigenvalue weighted by Gasteiger charge is 2.17. The molecule has 0 fully saturated rings. The smallest absolute Gasteiger partial charge is 0.262 e. The second-order valence-electron chi connectivity index (χ2n) is 8.88. The van der Waals surface area contributed by atoms with Gasteiger partial charge in [0.15, 0.2) is 0 Å². The van der Waals surface area contributed by atoms with E-state index in [4.69, 9.17) is 9.15 Å². The molecule has 0 radical (unpaired) electrons. The minimum atomic E-state index is -0.199. The molecule has 0 unspecified atom stereocenters. The summed E-state index contributed by atoms with van der Waals surface area (Å²) in [5.41, 5.74) is 0.965. The lowest BCUT2D eigenvalue weighted by Crippen LogP contribution is -2.35. The van der Waals surface area contributed by atoms with E-state index in [0.717, 1.165) is 31.7 Å². The summed E-state index contributed by atoms with van der Waals surface area (Å²) in [5.74, 6) is 1.44. The Morgan fingerprint density at radius 3 is 2.50 bits per heavy atom. The van der Waals surface area contributed by atoms with Gasteiger partial charge in [-0.15, -0.1) is 0 Å². The number of carbonyl (C=O) groups excluding carboxylic acids is 1. The Kier molecular flexibility index (Phi) is 8.23. The number of benzene rings is 2. The fourth-order valence-corrected chi connectivity index (χ4v) is 4.30. The summed E-state index contributed by atoms with van der Waals surface area (Å²) in [6, 6.07) is 18.7. The zero-order valence-electron chi connectivity index (χ0n) is 21.1. The molecule has 1 atom stereocenters. The van der Waals surface area contributed by atoms with E-state index in [0.29, 0.717) is 40.4 Å². The van der Waals surface area contributed by atoms with Gasteiger partial charge in [0.2, 0.25) is 0 Å². The molecule has 0 bridgehead atoms. The third-order valence-corrected chi connectivity index (χ3v) is 6.58. The largest absolute Gasteiger partial charge is 0.497 e. The number of ether oxygens (including phenoxy) is 1. The number of nitrogens with zero attached hydrogens (tertiary/aromatic N) is 2. The molecule has 7 heteroatoms. The summed E-state index contributed by atoms with van der Waals surface area (Å²) in [4.78, 5) is 28.8. The van der Waals surface area contributed by atoms with E-state index in [2.05, 4.69) is 24.1 Å². The minimum Gasteiger partial charge on any atom is -0.497 e. The van der Waals surface area contributed by atoms with Gasteiger partial charge in [-0.05, 0) is 62.2 Å². The molecule has 2 aromatic carbocycles. The third-order valence-electron chi connectivity index (χ3n) is 6.58. The van der Waals surface area contributed by atoms with Crippen molar-refractivity contribution < 1.29 is 13.9 Å². The molecule has 0 aliphatic rings. The van der Waals surface area contributed by atoms with Gasteiger partial charge < -0.3 is 14.5 Å². The SMILES string of the molecule is CC[C@H](C)N(CCCNC(=O)c1cn(-c2ccc(OC)cc2)c(=O)c2ccccc12)Cc1ccco1. The summed E-state index contributed by atoms with van der Waals surface area (Å²) in [6.07, 6.45) is 5.16. The van der Waals surface area contributed by atoms with Crippen molar-refractivity contribution in [2.75, 3.05) is 20.2 Å². The predicted molar refractivity (Wildman–Crippen MR) is 142 cm³/mol. The van der Waals surface area contributed by atoms with Crippen molar-refractivity contribution in [2.24, 2.45) is 0 Å². The number of nitrogens with one attached hydrogen (secondary N) is 1. The Hall–Kier alpha value is -3.84. The second kappa shape index (κ2) is 11.7. The number of fused-ring (bicyclic) bond motifs is 1. The lowest BCUT2D eigenvalue weighted by Gasteiger charge is -2.27. The van der Waals surface area contributed by atoms with Crippen LogP contribution < -0.4 is 15.6 Å². The first-order valence-electron chi connectivity index (χ1n) is 12.3. The quantitative estimate of drug-likeness (QED) is 0.301. The number of amides is 1. The standard InChI is InChI=1S/C29H33N3O4/c1-4-21(2)31(19-24-9-7-18-36-24)17-8-16-30-28(33)27-20-32(22-12-14-23(35-3)15-13-22)29(34)26-11-6-5-10-25(26)27/h5-7,9-15,18,20-21H,4,8,16-17,19H2,1-3H3,(H,30,33)/t21-/m0/s1. The molecular formula is C29H33N3O4. The zero-order valence-corrected chi connectivity index (χ0v) is 21.1. The van der Waals surface area contributed by atoms with Crippen molar-refractivity contribution in [2.45, 2.75) is 39.3 Å². The summed E-state index contributed by atoms with van der Waals surface area (Å²) in [6.45, 7) is 6.48. The van der Waals surface area contributed by atoms with E-state index >= 15 is 0 Å². The Balaban J connectivity index is 1.50. The molecule has 4 aromatic rings. The van der Waals surface area contributed by atoms with E-state index in [1.807, 2.05) is 30.3 Å². The second-order valence-corrected chi connectivity index (χ2v) is 8.88. The van der Waals surface area contributed by atoms with Crippen molar-refractivity contribution in [3.8, 4) is 11.4 Å². The topological polar surface area (TPSA) is 76.7 Å². The van der Waals surface area contributed by atoms with Gasteiger partial charge in [-0.1, -0.05) is 25.1 Å². The number of hydrogen-bond donors (Lipinski definition) is 1. The molecule has 0 aliphatic carbocycles. The normalized spacial score (nSPS) is 12.1. The zero-order chi connectivity index (χ0) is 25.5. The summed E-state index contributed by atoms with van der Waals surface area (Å²) >= 11 is 0. The molecule has 0 saturated carbocycles. The van der Waals surface area contributed by atoms with Crippen molar-refractivity contribution in [1.29, 1.82) is 0 Å². The number of pyridine rings is 1. The van der Waals surface area contributed by atoms with Crippen LogP contribution in [0.5, 0.6) is 5.75 Å². The van der Waals surface area contributed by atoms with Crippen LogP contribution in [0.25, 0.3) is 16.5 Å². The maximum absolute atomic E-state index is 13.3. The van der Waals surface area contributed by atoms with Gasteiger partial charge in [0.25, 0.3) is 11.5 Å². The fourth-order valence-electron chi connectivity index (χ4n) is 4.30. The van der Waals surface area contributed by atoms with Crippen LogP contribution in [0.1, 0.15) is 42.8 Å². The minimum absolute atomic E-state index is 0.172. The molecular weight excluding hydrogens is 454 g/mol. The Morgan fingerprint density at radius 2 is 1.83 bits per heavy atom. The average Bonchev–Trinajstić information content (AvgIpc) is 3.43. The molecule has 1 N–H and O–H groups in total. The van der Waals surface area contributed by atoms with E-state index < -0.39 is 0 Å². The van der Waals surface area contributed by atoms with Crippen LogP contribution in [0.3, 0.4) is 0 Å². The van der Waals surface area contributed by atoms with Crippen LogP contribution in [0.15, 0.2) is 82.3 Å². The van der Waals surface area contributed by atoms with Gasteiger partial charge in [-0.2, -0.15) is 0 Å². The summed E-state index contributed by atoms with van der Waals surface area (Å²) in [5, 5.41) is 4.20. The first-order chi connectivity index (χ1) is 17.5. The number of rotatable bonds is 11. The average molecular weight is 488 g/mol. The Bertz CT molecular complexity index is 1340. The number of carbonyl (C=O) groups is 1. The van der Waals surface area contributed by atoms with Gasteiger partial charge in [0.05, 0.1) is 25.5 Å². The van der Waals surface area contributed by atoms with Crippen molar-refractivity contribution >= 4 is 16.7 Å². The van der Waals surface area contributed by atoms with E-state index in [1.54, 1.807) is 49.9 Å². The molecule has 1 amide bonds. The van der Waals surface area contributed by atoms with Crippen LogP contribution in [-0.4, -0.2) is 41.6 Å². The highest BCUT2D eigenvalue weighted by molar-refractivity contribution is 6.06.